The van der Waals surface area contributed by atoms with Gasteiger partial charge in [-0.15, -0.1) is 0 Å². The second-order valence-corrected chi connectivity index (χ2v) is 5.94. The van der Waals surface area contributed by atoms with Crippen LogP contribution in [-0.4, -0.2) is 28.2 Å². The van der Waals surface area contributed by atoms with Crippen molar-refractivity contribution in [3.8, 4) is 6.07 Å². The summed E-state index contributed by atoms with van der Waals surface area (Å²) in [5.41, 5.74) is 4.55. The predicted molar refractivity (Wildman–Crippen MR) is 93.6 cm³/mol. The molecule has 0 saturated carbocycles. The molecule has 0 aliphatic rings. The lowest BCUT2D eigenvalue weighted by molar-refractivity contribution is 0.847. The van der Waals surface area contributed by atoms with Gasteiger partial charge in [0.1, 0.15) is 0 Å². The van der Waals surface area contributed by atoms with Crippen molar-refractivity contribution in [2.75, 3.05) is 38.0 Å². The minimum absolute atomic E-state index is 0.127. The van der Waals surface area contributed by atoms with Gasteiger partial charge in [-0.1, -0.05) is 24.3 Å². The molecule has 0 bridgehead atoms. The van der Waals surface area contributed by atoms with Crippen LogP contribution in [0.5, 0.6) is 0 Å². The molecule has 0 aliphatic carbocycles. The Morgan fingerprint density at radius 3 is 2.09 bits per heavy atom. The fraction of sp³-hybridized carbons (Fsp3) is 0.316. The Bertz CT molecular complexity index is 668. The Morgan fingerprint density at radius 1 is 0.909 bits per heavy atom. The fourth-order valence-electron chi connectivity index (χ4n) is 2.46. The molecule has 0 heterocycles. The van der Waals surface area contributed by atoms with Gasteiger partial charge in [0.05, 0.1) is 12.0 Å². The number of anilines is 2. The van der Waals surface area contributed by atoms with Gasteiger partial charge in [-0.25, -0.2) is 0 Å². The molecule has 0 aromatic heterocycles. The Kier molecular flexibility index (Phi) is 5.06. The quantitative estimate of drug-likeness (QED) is 0.842. The van der Waals surface area contributed by atoms with Crippen LogP contribution >= 0.6 is 0 Å². The number of rotatable bonds is 5. The highest BCUT2D eigenvalue weighted by atomic mass is 15.1. The van der Waals surface area contributed by atoms with E-state index in [1.165, 1.54) is 5.56 Å². The van der Waals surface area contributed by atoms with Gasteiger partial charge in [-0.3, -0.25) is 0 Å². The Morgan fingerprint density at radius 2 is 1.50 bits per heavy atom. The number of hydrogen-bond acceptors (Lipinski definition) is 3. The maximum absolute atomic E-state index is 9.57. The average molecular weight is 293 g/mol. The van der Waals surface area contributed by atoms with Crippen molar-refractivity contribution in [1.82, 2.24) is 0 Å². The third-order valence-corrected chi connectivity index (χ3v) is 3.81. The van der Waals surface area contributed by atoms with Crippen molar-refractivity contribution in [2.45, 2.75) is 12.3 Å². The zero-order chi connectivity index (χ0) is 16.1. The monoisotopic (exact) mass is 293 g/mol. The lowest BCUT2D eigenvalue weighted by Crippen LogP contribution is -2.10. The van der Waals surface area contributed by atoms with E-state index in [4.69, 9.17) is 0 Å². The largest absolute Gasteiger partial charge is 0.378 e. The van der Waals surface area contributed by atoms with Gasteiger partial charge in [0.15, 0.2) is 0 Å². The standard InChI is InChI=1S/C19H23N3/c1-21(2)18-9-5-7-15(12-18)11-17(14-20)16-8-6-10-19(13-16)22(3)4/h5-10,12-13,17H,11H2,1-4H3. The van der Waals surface area contributed by atoms with E-state index in [9.17, 15) is 5.26 Å². The van der Waals surface area contributed by atoms with Crippen molar-refractivity contribution in [3.05, 3.63) is 59.7 Å². The van der Waals surface area contributed by atoms with Crippen molar-refractivity contribution in [2.24, 2.45) is 0 Å². The van der Waals surface area contributed by atoms with E-state index in [2.05, 4.69) is 52.3 Å². The van der Waals surface area contributed by atoms with E-state index in [0.717, 1.165) is 23.4 Å². The molecule has 0 N–H and O–H groups in total. The summed E-state index contributed by atoms with van der Waals surface area (Å²) in [6.07, 6.45) is 0.731. The molecule has 3 nitrogen and oxygen atoms in total. The summed E-state index contributed by atoms with van der Waals surface area (Å²) in [5, 5.41) is 9.57. The summed E-state index contributed by atoms with van der Waals surface area (Å²) in [4.78, 5) is 4.14. The molecule has 2 rings (SSSR count). The van der Waals surface area contributed by atoms with Crippen molar-refractivity contribution in [1.29, 1.82) is 5.26 Å². The molecule has 2 aromatic rings. The molecule has 0 saturated heterocycles. The summed E-state index contributed by atoms with van der Waals surface area (Å²) >= 11 is 0. The van der Waals surface area contributed by atoms with Crippen LogP contribution in [-0.2, 0) is 6.42 Å². The first-order chi connectivity index (χ1) is 10.5. The first-order valence-electron chi connectivity index (χ1n) is 7.44. The van der Waals surface area contributed by atoms with E-state index in [1.807, 2.05) is 40.3 Å². The van der Waals surface area contributed by atoms with Gasteiger partial charge in [0.2, 0.25) is 0 Å². The fourth-order valence-corrected chi connectivity index (χ4v) is 2.46. The molecule has 0 fully saturated rings. The summed E-state index contributed by atoms with van der Waals surface area (Å²) in [6.45, 7) is 0. The molecule has 0 spiro atoms. The molecular formula is C19H23N3. The smallest absolute Gasteiger partial charge is 0.0753 e. The maximum Gasteiger partial charge on any atom is 0.0753 e. The highest BCUT2D eigenvalue weighted by molar-refractivity contribution is 5.50. The molecule has 0 aliphatic heterocycles. The minimum atomic E-state index is -0.127. The lowest BCUT2D eigenvalue weighted by atomic mass is 9.92. The number of nitrogens with zero attached hydrogens (tertiary/aromatic N) is 3. The normalized spacial score (nSPS) is 11.6. The summed E-state index contributed by atoms with van der Waals surface area (Å²) in [7, 11) is 8.09. The highest BCUT2D eigenvalue weighted by Crippen LogP contribution is 2.25. The van der Waals surface area contributed by atoms with Gasteiger partial charge < -0.3 is 9.80 Å². The number of hydrogen-bond donors (Lipinski definition) is 0. The van der Waals surface area contributed by atoms with E-state index in [1.54, 1.807) is 0 Å². The molecule has 2 aromatic carbocycles. The van der Waals surface area contributed by atoms with E-state index < -0.39 is 0 Å². The summed E-state index contributed by atoms with van der Waals surface area (Å²) < 4.78 is 0. The minimum Gasteiger partial charge on any atom is -0.378 e. The van der Waals surface area contributed by atoms with Crippen molar-refractivity contribution < 1.29 is 0 Å². The van der Waals surface area contributed by atoms with Crippen LogP contribution in [0.2, 0.25) is 0 Å². The first kappa shape index (κ1) is 15.9. The second kappa shape index (κ2) is 7.00. The van der Waals surface area contributed by atoms with E-state index >= 15 is 0 Å². The lowest BCUT2D eigenvalue weighted by Gasteiger charge is -2.17. The highest BCUT2D eigenvalue weighted by Gasteiger charge is 2.13. The molecular weight excluding hydrogens is 270 g/mol. The predicted octanol–water partition coefficient (Wildman–Crippen LogP) is 3.67. The molecule has 0 radical (unpaired) electrons. The average Bonchev–Trinajstić information content (AvgIpc) is 2.53. The molecule has 1 atom stereocenters. The number of benzene rings is 2. The van der Waals surface area contributed by atoms with Gasteiger partial charge in [0, 0.05) is 39.6 Å². The second-order valence-electron chi connectivity index (χ2n) is 5.94. The third-order valence-electron chi connectivity index (χ3n) is 3.81. The van der Waals surface area contributed by atoms with Gasteiger partial charge >= 0.3 is 0 Å². The molecule has 3 heteroatoms. The summed E-state index contributed by atoms with van der Waals surface area (Å²) in [6, 6.07) is 19.0. The maximum atomic E-state index is 9.57. The Hall–Kier alpha value is -2.47. The molecule has 0 amide bonds. The van der Waals surface area contributed by atoms with Crippen LogP contribution in [0.25, 0.3) is 0 Å². The van der Waals surface area contributed by atoms with E-state index in [0.29, 0.717) is 0 Å². The first-order valence-corrected chi connectivity index (χ1v) is 7.44. The Balaban J connectivity index is 2.24. The van der Waals surface area contributed by atoms with Crippen LogP contribution in [0.1, 0.15) is 17.0 Å². The van der Waals surface area contributed by atoms with Crippen molar-refractivity contribution in [3.63, 3.8) is 0 Å². The zero-order valence-corrected chi connectivity index (χ0v) is 13.7. The number of nitriles is 1. The SMILES string of the molecule is CN(C)c1cccc(CC(C#N)c2cccc(N(C)C)c2)c1. The van der Waals surface area contributed by atoms with E-state index in [-0.39, 0.29) is 5.92 Å². The van der Waals surface area contributed by atoms with Gasteiger partial charge in [0.25, 0.3) is 0 Å². The van der Waals surface area contributed by atoms with Crippen LogP contribution in [0.4, 0.5) is 11.4 Å². The Labute approximate surface area is 133 Å². The zero-order valence-electron chi connectivity index (χ0n) is 13.7. The van der Waals surface area contributed by atoms with Crippen LogP contribution in [0, 0.1) is 11.3 Å². The molecule has 22 heavy (non-hydrogen) atoms. The molecule has 1 unspecified atom stereocenters. The van der Waals surface area contributed by atoms with Crippen molar-refractivity contribution >= 4 is 11.4 Å². The summed E-state index contributed by atoms with van der Waals surface area (Å²) in [5.74, 6) is -0.127. The van der Waals surface area contributed by atoms with Gasteiger partial charge in [-0.05, 0) is 41.8 Å². The van der Waals surface area contributed by atoms with Crippen LogP contribution in [0.3, 0.4) is 0 Å². The van der Waals surface area contributed by atoms with Gasteiger partial charge in [-0.2, -0.15) is 5.26 Å². The third kappa shape index (κ3) is 3.79. The van der Waals surface area contributed by atoms with Crippen LogP contribution < -0.4 is 9.80 Å². The van der Waals surface area contributed by atoms with Crippen LogP contribution in [0.15, 0.2) is 48.5 Å². The molecule has 114 valence electrons. The topological polar surface area (TPSA) is 30.3 Å².